The van der Waals surface area contributed by atoms with Crippen molar-refractivity contribution >= 4 is 38.6 Å². The monoisotopic (exact) mass is 447 g/mol. The first kappa shape index (κ1) is 20.2. The molecular formula is C20H21N3O3S3. The van der Waals surface area contributed by atoms with Gasteiger partial charge in [-0.05, 0) is 42.5 Å². The first-order valence-corrected chi connectivity index (χ1v) is 12.4. The molecule has 1 fully saturated rings. The molecule has 29 heavy (non-hydrogen) atoms. The van der Waals surface area contributed by atoms with Crippen LogP contribution in [0.15, 0.2) is 46.8 Å². The molecule has 0 bridgehead atoms. The fourth-order valence-corrected chi connectivity index (χ4v) is 6.72. The number of thiazole rings is 1. The number of carbonyl (C=O) groups excluding carboxylic acids is 1. The number of carbonyl (C=O) groups is 1. The maximum absolute atomic E-state index is 13.1. The van der Waals surface area contributed by atoms with E-state index in [1.807, 2.05) is 36.6 Å². The zero-order valence-electron chi connectivity index (χ0n) is 16.2. The van der Waals surface area contributed by atoms with Gasteiger partial charge in [0.2, 0.25) is 10.0 Å². The van der Waals surface area contributed by atoms with Crippen LogP contribution in [0.5, 0.6) is 0 Å². The van der Waals surface area contributed by atoms with Crippen LogP contribution in [0.2, 0.25) is 0 Å². The number of rotatable bonds is 4. The van der Waals surface area contributed by atoms with Gasteiger partial charge in [0, 0.05) is 26.2 Å². The van der Waals surface area contributed by atoms with Crippen LogP contribution < -0.4 is 0 Å². The van der Waals surface area contributed by atoms with Gasteiger partial charge in [0.25, 0.3) is 5.91 Å². The van der Waals surface area contributed by atoms with Crippen molar-refractivity contribution in [3.8, 4) is 9.88 Å². The molecule has 0 unspecified atom stereocenters. The van der Waals surface area contributed by atoms with Crippen molar-refractivity contribution in [1.29, 1.82) is 0 Å². The third-order valence-electron chi connectivity index (χ3n) is 4.94. The molecule has 1 aromatic carbocycles. The number of aromatic nitrogens is 1. The molecule has 9 heteroatoms. The van der Waals surface area contributed by atoms with Gasteiger partial charge < -0.3 is 4.90 Å². The van der Waals surface area contributed by atoms with Crippen LogP contribution in [-0.2, 0) is 10.0 Å². The van der Waals surface area contributed by atoms with Crippen molar-refractivity contribution < 1.29 is 13.2 Å². The lowest BCUT2D eigenvalue weighted by Gasteiger charge is -2.34. The third-order valence-corrected chi connectivity index (χ3v) is 9.00. The number of aryl methyl sites for hydroxylation is 2. The lowest BCUT2D eigenvalue weighted by Crippen LogP contribution is -2.50. The number of nitrogens with zero attached hydrogens (tertiary/aromatic N) is 3. The van der Waals surface area contributed by atoms with Crippen LogP contribution in [0.4, 0.5) is 0 Å². The highest BCUT2D eigenvalue weighted by molar-refractivity contribution is 7.89. The van der Waals surface area contributed by atoms with Crippen LogP contribution in [-0.4, -0.2) is 54.7 Å². The molecule has 3 aromatic rings. The molecule has 4 rings (SSSR count). The molecule has 0 spiro atoms. The Morgan fingerprint density at radius 3 is 2.55 bits per heavy atom. The van der Waals surface area contributed by atoms with Crippen molar-refractivity contribution in [1.82, 2.24) is 14.2 Å². The second-order valence-corrected chi connectivity index (χ2v) is 10.9. The maximum Gasteiger partial charge on any atom is 0.265 e. The first-order chi connectivity index (χ1) is 13.9. The second kappa shape index (κ2) is 7.98. The summed E-state index contributed by atoms with van der Waals surface area (Å²) in [4.78, 5) is 20.9. The molecule has 3 heterocycles. The van der Waals surface area contributed by atoms with Crippen LogP contribution in [0.3, 0.4) is 0 Å². The molecule has 1 aliphatic heterocycles. The zero-order chi connectivity index (χ0) is 20.6. The highest BCUT2D eigenvalue weighted by atomic mass is 32.2. The van der Waals surface area contributed by atoms with E-state index in [2.05, 4.69) is 4.98 Å². The van der Waals surface area contributed by atoms with Gasteiger partial charge in [-0.2, -0.15) is 4.31 Å². The van der Waals surface area contributed by atoms with Gasteiger partial charge in [-0.1, -0.05) is 18.2 Å². The van der Waals surface area contributed by atoms with Crippen molar-refractivity contribution in [3.05, 3.63) is 57.9 Å². The molecule has 2 aromatic heterocycles. The minimum Gasteiger partial charge on any atom is -0.335 e. The third kappa shape index (κ3) is 4.00. The minimum atomic E-state index is -3.57. The molecule has 1 saturated heterocycles. The molecule has 0 N–H and O–H groups in total. The Kier molecular flexibility index (Phi) is 5.56. The summed E-state index contributed by atoms with van der Waals surface area (Å²) in [7, 11) is -3.57. The molecule has 0 atom stereocenters. The quantitative estimate of drug-likeness (QED) is 0.612. The number of sulfonamides is 1. The normalized spacial score (nSPS) is 15.6. The van der Waals surface area contributed by atoms with Crippen molar-refractivity contribution in [2.75, 3.05) is 26.2 Å². The molecular weight excluding hydrogens is 426 g/mol. The van der Waals surface area contributed by atoms with Gasteiger partial charge >= 0.3 is 0 Å². The Balaban J connectivity index is 1.45. The summed E-state index contributed by atoms with van der Waals surface area (Å²) < 4.78 is 27.6. The Bertz CT molecular complexity index is 1130. The lowest BCUT2D eigenvalue weighted by atomic mass is 10.2. The number of thiophene rings is 1. The summed E-state index contributed by atoms with van der Waals surface area (Å²) in [6, 6.07) is 9.39. The number of benzene rings is 1. The van der Waals surface area contributed by atoms with Gasteiger partial charge in [-0.3, -0.25) is 4.79 Å². The Hall–Kier alpha value is -2.07. The van der Waals surface area contributed by atoms with E-state index in [0.29, 0.717) is 22.9 Å². The first-order valence-electron chi connectivity index (χ1n) is 9.22. The summed E-state index contributed by atoms with van der Waals surface area (Å²) in [5.41, 5.74) is 1.65. The molecule has 1 aliphatic rings. The SMILES string of the molecule is Cc1ccc(C)c(S(=O)(=O)N2CCN(C(=O)c3cnc(-c4cccs4)s3)CC2)c1. The predicted octanol–water partition coefficient (Wildman–Crippen LogP) is 3.64. The minimum absolute atomic E-state index is 0.0888. The largest absolute Gasteiger partial charge is 0.335 e. The number of piperazine rings is 1. The fourth-order valence-electron chi connectivity index (χ4n) is 3.30. The van der Waals surface area contributed by atoms with Crippen LogP contribution in [0.25, 0.3) is 9.88 Å². The zero-order valence-corrected chi connectivity index (χ0v) is 18.6. The summed E-state index contributed by atoms with van der Waals surface area (Å²) >= 11 is 2.96. The standard InChI is InChI=1S/C20H21N3O3S3/c1-14-5-6-15(2)18(12-14)29(25,26)23-9-7-22(8-10-23)20(24)17-13-21-19(28-17)16-4-3-11-27-16/h3-6,11-13H,7-10H2,1-2H3. The van der Waals surface area contributed by atoms with Gasteiger partial charge in [-0.25, -0.2) is 13.4 Å². The Morgan fingerprint density at radius 1 is 1.10 bits per heavy atom. The maximum atomic E-state index is 13.1. The molecule has 6 nitrogen and oxygen atoms in total. The molecule has 0 saturated carbocycles. The van der Waals surface area contributed by atoms with E-state index < -0.39 is 10.0 Å². The Morgan fingerprint density at radius 2 is 1.86 bits per heavy atom. The number of hydrogen-bond donors (Lipinski definition) is 0. The smallest absolute Gasteiger partial charge is 0.265 e. The summed E-state index contributed by atoms with van der Waals surface area (Å²) in [5, 5.41) is 2.81. The lowest BCUT2D eigenvalue weighted by molar-refractivity contribution is 0.0702. The van der Waals surface area contributed by atoms with E-state index in [0.717, 1.165) is 21.0 Å². The molecule has 0 aliphatic carbocycles. The van der Waals surface area contributed by atoms with E-state index in [-0.39, 0.29) is 19.0 Å². The topological polar surface area (TPSA) is 70.6 Å². The predicted molar refractivity (Wildman–Crippen MR) is 116 cm³/mol. The van der Waals surface area contributed by atoms with E-state index in [1.165, 1.54) is 15.6 Å². The van der Waals surface area contributed by atoms with E-state index >= 15 is 0 Å². The van der Waals surface area contributed by atoms with E-state index in [4.69, 9.17) is 0 Å². The fraction of sp³-hybridized carbons (Fsp3) is 0.300. The summed E-state index contributed by atoms with van der Waals surface area (Å²) in [6.45, 7) is 5.01. The summed E-state index contributed by atoms with van der Waals surface area (Å²) in [6.07, 6.45) is 1.61. The Labute approximate surface area is 178 Å². The van der Waals surface area contributed by atoms with Crippen molar-refractivity contribution in [2.24, 2.45) is 0 Å². The van der Waals surface area contributed by atoms with Gasteiger partial charge in [0.1, 0.15) is 9.88 Å². The van der Waals surface area contributed by atoms with Crippen LogP contribution in [0, 0.1) is 13.8 Å². The summed E-state index contributed by atoms with van der Waals surface area (Å²) in [5.74, 6) is -0.0888. The number of amides is 1. The van der Waals surface area contributed by atoms with Crippen molar-refractivity contribution in [3.63, 3.8) is 0 Å². The molecule has 0 radical (unpaired) electrons. The van der Waals surface area contributed by atoms with Crippen molar-refractivity contribution in [2.45, 2.75) is 18.7 Å². The van der Waals surface area contributed by atoms with E-state index in [1.54, 1.807) is 35.4 Å². The average Bonchev–Trinajstić information content (AvgIpc) is 3.41. The second-order valence-electron chi connectivity index (χ2n) is 6.97. The van der Waals surface area contributed by atoms with Gasteiger partial charge in [-0.15, -0.1) is 22.7 Å². The molecule has 1 amide bonds. The van der Waals surface area contributed by atoms with Gasteiger partial charge in [0.15, 0.2) is 0 Å². The van der Waals surface area contributed by atoms with E-state index in [9.17, 15) is 13.2 Å². The average molecular weight is 448 g/mol. The van der Waals surface area contributed by atoms with Crippen LogP contribution >= 0.6 is 22.7 Å². The van der Waals surface area contributed by atoms with Crippen LogP contribution in [0.1, 0.15) is 20.8 Å². The molecule has 152 valence electrons. The highest BCUT2D eigenvalue weighted by Crippen LogP contribution is 2.30. The van der Waals surface area contributed by atoms with Gasteiger partial charge in [0.05, 0.1) is 16.0 Å². The highest BCUT2D eigenvalue weighted by Gasteiger charge is 2.32. The number of hydrogen-bond acceptors (Lipinski definition) is 6.